The highest BCUT2D eigenvalue weighted by Gasteiger charge is 2.04. The van der Waals surface area contributed by atoms with Crippen molar-refractivity contribution in [2.45, 2.75) is 6.92 Å². The second kappa shape index (κ2) is 2.88. The number of aromatic nitrogens is 1. The number of nitrogens with two attached hydrogens (primary N) is 1. The molecule has 0 bridgehead atoms. The summed E-state index contributed by atoms with van der Waals surface area (Å²) < 4.78 is 0. The van der Waals surface area contributed by atoms with Gasteiger partial charge in [-0.25, -0.2) is 4.98 Å². The normalized spacial score (nSPS) is 9.64. The molecule has 1 aromatic rings. The first kappa shape index (κ1) is 8.01. The third-order valence-corrected chi connectivity index (χ3v) is 1.58. The van der Waals surface area contributed by atoms with Gasteiger partial charge < -0.3 is 5.73 Å². The third kappa shape index (κ3) is 1.49. The second-order valence-corrected chi connectivity index (χ2v) is 2.53. The van der Waals surface area contributed by atoms with E-state index in [-0.39, 0.29) is 10.7 Å². The number of aryl methyl sites for hydroxylation is 1. The van der Waals surface area contributed by atoms with Gasteiger partial charge in [-0.1, -0.05) is 11.6 Å². The Morgan fingerprint density at radius 3 is 2.82 bits per heavy atom. The predicted molar refractivity (Wildman–Crippen MR) is 43.8 cm³/mol. The van der Waals surface area contributed by atoms with Gasteiger partial charge in [-0.05, 0) is 13.0 Å². The maximum atomic E-state index is 10.4. The van der Waals surface area contributed by atoms with Crippen molar-refractivity contribution in [2.24, 2.45) is 0 Å². The molecule has 0 aliphatic carbocycles. The van der Waals surface area contributed by atoms with E-state index in [0.717, 1.165) is 0 Å². The van der Waals surface area contributed by atoms with Crippen LogP contribution in [0.15, 0.2) is 6.07 Å². The maximum Gasteiger partial charge on any atom is 0.155 e. The summed E-state index contributed by atoms with van der Waals surface area (Å²) >= 11 is 5.61. The SMILES string of the molecule is Cc1cc(N)c(C=O)c(Cl)n1. The first-order valence-electron chi connectivity index (χ1n) is 3.03. The average molecular weight is 171 g/mol. The van der Waals surface area contributed by atoms with Gasteiger partial charge >= 0.3 is 0 Å². The zero-order chi connectivity index (χ0) is 8.43. The number of aldehydes is 1. The summed E-state index contributed by atoms with van der Waals surface area (Å²) in [5, 5.41) is 0.164. The van der Waals surface area contributed by atoms with Crippen LogP contribution in [-0.2, 0) is 0 Å². The number of hydrogen-bond acceptors (Lipinski definition) is 3. The number of rotatable bonds is 1. The maximum absolute atomic E-state index is 10.4. The van der Waals surface area contributed by atoms with E-state index in [0.29, 0.717) is 17.7 Å². The molecule has 0 amide bonds. The summed E-state index contributed by atoms with van der Waals surface area (Å²) in [6, 6.07) is 1.61. The number of hydrogen-bond donors (Lipinski definition) is 1. The highest BCUT2D eigenvalue weighted by atomic mass is 35.5. The molecule has 11 heavy (non-hydrogen) atoms. The lowest BCUT2D eigenvalue weighted by molar-refractivity contribution is 0.112. The minimum Gasteiger partial charge on any atom is -0.398 e. The Balaban J connectivity index is 3.36. The molecule has 0 atom stereocenters. The zero-order valence-corrected chi connectivity index (χ0v) is 6.72. The fourth-order valence-electron chi connectivity index (χ4n) is 0.786. The van der Waals surface area contributed by atoms with Crippen molar-refractivity contribution in [2.75, 3.05) is 5.73 Å². The summed E-state index contributed by atoms with van der Waals surface area (Å²) in [6.45, 7) is 1.76. The van der Waals surface area contributed by atoms with Crippen LogP contribution < -0.4 is 5.73 Å². The van der Waals surface area contributed by atoms with Crippen LogP contribution in [0.4, 0.5) is 5.69 Å². The van der Waals surface area contributed by atoms with Crippen LogP contribution in [-0.4, -0.2) is 11.3 Å². The van der Waals surface area contributed by atoms with Gasteiger partial charge in [-0.3, -0.25) is 4.79 Å². The molecule has 0 fully saturated rings. The zero-order valence-electron chi connectivity index (χ0n) is 5.97. The fraction of sp³-hybridized carbons (Fsp3) is 0.143. The number of nitrogens with zero attached hydrogens (tertiary/aromatic N) is 1. The molecule has 2 N–H and O–H groups in total. The number of carbonyl (C=O) groups excluding carboxylic acids is 1. The lowest BCUT2D eigenvalue weighted by atomic mass is 10.2. The van der Waals surface area contributed by atoms with Crippen LogP contribution in [0.25, 0.3) is 0 Å². The molecule has 1 aromatic heterocycles. The predicted octanol–water partition coefficient (Wildman–Crippen LogP) is 1.44. The van der Waals surface area contributed by atoms with Crippen LogP contribution in [0.5, 0.6) is 0 Å². The van der Waals surface area contributed by atoms with E-state index >= 15 is 0 Å². The van der Waals surface area contributed by atoms with Crippen molar-refractivity contribution >= 4 is 23.6 Å². The monoisotopic (exact) mass is 170 g/mol. The number of anilines is 1. The lowest BCUT2D eigenvalue weighted by Crippen LogP contribution is -1.97. The fourth-order valence-corrected chi connectivity index (χ4v) is 1.07. The van der Waals surface area contributed by atoms with E-state index in [1.54, 1.807) is 13.0 Å². The Morgan fingerprint density at radius 1 is 1.73 bits per heavy atom. The molecule has 0 aromatic carbocycles. The number of carbonyl (C=O) groups is 1. The van der Waals surface area contributed by atoms with E-state index in [2.05, 4.69) is 4.98 Å². The number of nitrogen functional groups attached to an aromatic ring is 1. The Labute approximate surface area is 69.2 Å². The van der Waals surface area contributed by atoms with Gasteiger partial charge in [0.05, 0.1) is 5.56 Å². The average Bonchev–Trinajstić information content (AvgIpc) is 1.85. The largest absolute Gasteiger partial charge is 0.398 e. The van der Waals surface area contributed by atoms with Crippen LogP contribution in [0.1, 0.15) is 16.1 Å². The highest BCUT2D eigenvalue weighted by Crippen LogP contribution is 2.18. The molecule has 1 heterocycles. The topological polar surface area (TPSA) is 56.0 Å². The molecule has 3 nitrogen and oxygen atoms in total. The molecule has 0 saturated carbocycles. The standard InChI is InChI=1S/C7H7ClN2O/c1-4-2-6(9)5(3-11)7(8)10-4/h2-3H,1H3,(H2,9,10). The smallest absolute Gasteiger partial charge is 0.155 e. The first-order valence-corrected chi connectivity index (χ1v) is 3.40. The van der Waals surface area contributed by atoms with Gasteiger partial charge in [0.2, 0.25) is 0 Å². The summed E-state index contributed by atoms with van der Waals surface area (Å²) in [7, 11) is 0. The molecule has 0 unspecified atom stereocenters. The van der Waals surface area contributed by atoms with Gasteiger partial charge in [0, 0.05) is 11.4 Å². The van der Waals surface area contributed by atoms with Crippen LogP contribution in [0, 0.1) is 6.92 Å². The molecular weight excluding hydrogens is 164 g/mol. The number of halogens is 1. The van der Waals surface area contributed by atoms with Crippen LogP contribution in [0.2, 0.25) is 5.15 Å². The summed E-state index contributed by atoms with van der Waals surface area (Å²) in [4.78, 5) is 14.2. The van der Waals surface area contributed by atoms with Gasteiger partial charge in [0.15, 0.2) is 6.29 Å². The third-order valence-electron chi connectivity index (χ3n) is 1.29. The summed E-state index contributed by atoms with van der Waals surface area (Å²) in [6.07, 6.45) is 0.601. The van der Waals surface area contributed by atoms with Crippen molar-refractivity contribution in [1.29, 1.82) is 0 Å². The molecule has 0 spiro atoms. The molecule has 58 valence electrons. The lowest BCUT2D eigenvalue weighted by Gasteiger charge is -2.00. The van der Waals surface area contributed by atoms with Gasteiger partial charge in [-0.15, -0.1) is 0 Å². The molecular formula is C7H7ClN2O. The van der Waals surface area contributed by atoms with Crippen molar-refractivity contribution < 1.29 is 4.79 Å². The Kier molecular flexibility index (Phi) is 2.10. The second-order valence-electron chi connectivity index (χ2n) is 2.18. The van der Waals surface area contributed by atoms with E-state index in [9.17, 15) is 4.79 Å². The minimum absolute atomic E-state index is 0.164. The Bertz CT molecular complexity index is 275. The van der Waals surface area contributed by atoms with Crippen LogP contribution >= 0.6 is 11.6 Å². The molecule has 0 aliphatic rings. The highest BCUT2D eigenvalue weighted by molar-refractivity contribution is 6.32. The Hall–Kier alpha value is -1.09. The number of pyridine rings is 1. The molecule has 0 aliphatic heterocycles. The van der Waals surface area contributed by atoms with Crippen molar-refractivity contribution in [3.8, 4) is 0 Å². The van der Waals surface area contributed by atoms with E-state index in [1.165, 1.54) is 0 Å². The van der Waals surface area contributed by atoms with Gasteiger partial charge in [0.1, 0.15) is 5.15 Å². The molecule has 0 saturated heterocycles. The van der Waals surface area contributed by atoms with Gasteiger partial charge in [-0.2, -0.15) is 0 Å². The summed E-state index contributed by atoms with van der Waals surface area (Å²) in [5.74, 6) is 0. The van der Waals surface area contributed by atoms with Crippen molar-refractivity contribution in [3.05, 3.63) is 22.5 Å². The van der Waals surface area contributed by atoms with Crippen molar-refractivity contribution in [3.63, 3.8) is 0 Å². The van der Waals surface area contributed by atoms with E-state index < -0.39 is 0 Å². The first-order chi connectivity index (χ1) is 5.15. The Morgan fingerprint density at radius 2 is 2.36 bits per heavy atom. The molecule has 1 rings (SSSR count). The minimum atomic E-state index is 0.164. The van der Waals surface area contributed by atoms with Crippen molar-refractivity contribution in [1.82, 2.24) is 4.98 Å². The summed E-state index contributed by atoms with van der Waals surface area (Å²) in [5.41, 5.74) is 6.82. The van der Waals surface area contributed by atoms with Gasteiger partial charge in [0.25, 0.3) is 0 Å². The quantitative estimate of drug-likeness (QED) is 0.513. The van der Waals surface area contributed by atoms with E-state index in [1.807, 2.05) is 0 Å². The molecule has 4 heteroatoms. The van der Waals surface area contributed by atoms with Crippen LogP contribution in [0.3, 0.4) is 0 Å². The molecule has 0 radical (unpaired) electrons. The van der Waals surface area contributed by atoms with E-state index in [4.69, 9.17) is 17.3 Å².